The molecule has 0 radical (unpaired) electrons. The third-order valence-electron chi connectivity index (χ3n) is 6.29. The van der Waals surface area contributed by atoms with E-state index in [-0.39, 0.29) is 6.61 Å². The Hall–Kier alpha value is -1.34. The molecule has 2 aliphatic rings. The molecule has 1 unspecified atom stereocenters. The summed E-state index contributed by atoms with van der Waals surface area (Å²) in [6.07, 6.45) is 6.87. The summed E-state index contributed by atoms with van der Waals surface area (Å²) in [6.45, 7) is 6.91. The van der Waals surface area contributed by atoms with E-state index in [1.807, 2.05) is 6.07 Å². The van der Waals surface area contributed by atoms with Crippen LogP contribution in [0.15, 0.2) is 18.2 Å². The van der Waals surface area contributed by atoms with E-state index in [2.05, 4.69) is 29.0 Å². The molecule has 1 N–H and O–H groups in total. The fraction of sp³-hybridized carbons (Fsp3) is 0.750. The maximum absolute atomic E-state index is 10.4. The second-order valence-corrected chi connectivity index (χ2v) is 8.89. The van der Waals surface area contributed by atoms with E-state index >= 15 is 0 Å². The zero-order valence-corrected chi connectivity index (χ0v) is 18.9. The number of hydrogen-bond donors (Lipinski definition) is 1. The molecule has 0 spiro atoms. The number of ether oxygens (including phenoxy) is 3. The quantitative estimate of drug-likeness (QED) is 0.593. The van der Waals surface area contributed by atoms with E-state index in [4.69, 9.17) is 14.2 Å². The molecule has 6 nitrogen and oxygen atoms in total. The zero-order valence-electron chi connectivity index (χ0n) is 18.9. The van der Waals surface area contributed by atoms with Crippen molar-refractivity contribution in [2.75, 3.05) is 60.2 Å². The van der Waals surface area contributed by atoms with Crippen LogP contribution in [-0.2, 0) is 11.3 Å². The molecule has 1 aromatic rings. The van der Waals surface area contributed by atoms with E-state index in [0.29, 0.717) is 18.0 Å². The lowest BCUT2D eigenvalue weighted by atomic mass is 9.96. The molecule has 0 aliphatic carbocycles. The molecule has 1 aromatic carbocycles. The number of piperidine rings is 1. The maximum Gasteiger partial charge on any atom is 0.161 e. The van der Waals surface area contributed by atoms with Gasteiger partial charge in [-0.05, 0) is 82.4 Å². The summed E-state index contributed by atoms with van der Waals surface area (Å²) in [4.78, 5) is 4.70. The summed E-state index contributed by atoms with van der Waals surface area (Å²) in [7, 11) is 3.83. The smallest absolute Gasteiger partial charge is 0.161 e. The average Bonchev–Trinajstić information content (AvgIpc) is 2.78. The lowest BCUT2D eigenvalue weighted by Gasteiger charge is -2.28. The van der Waals surface area contributed by atoms with Crippen molar-refractivity contribution < 1.29 is 19.3 Å². The molecule has 3 rings (SSSR count). The predicted molar refractivity (Wildman–Crippen MR) is 119 cm³/mol. The molecule has 0 bridgehead atoms. The number of likely N-dealkylation sites (tertiary alicyclic amines) is 1. The summed E-state index contributed by atoms with van der Waals surface area (Å²) in [6, 6.07) is 6.12. The van der Waals surface area contributed by atoms with Gasteiger partial charge in [0.25, 0.3) is 0 Å². The number of hydrogen-bond acceptors (Lipinski definition) is 6. The molecular formula is C24H40N2O4. The average molecular weight is 421 g/mol. The van der Waals surface area contributed by atoms with Crippen LogP contribution in [0, 0.1) is 5.92 Å². The molecule has 1 atom stereocenters. The Morgan fingerprint density at radius 1 is 1.17 bits per heavy atom. The number of β-amino-alcohol motifs (C(OH)–C–C–N with tert-alkyl or cyclic N) is 1. The minimum absolute atomic E-state index is 0.288. The van der Waals surface area contributed by atoms with E-state index < -0.39 is 6.10 Å². The first-order valence-corrected chi connectivity index (χ1v) is 11.6. The Morgan fingerprint density at radius 2 is 1.93 bits per heavy atom. The van der Waals surface area contributed by atoms with Crippen LogP contribution in [0.2, 0.25) is 0 Å². The topological polar surface area (TPSA) is 54.4 Å². The maximum atomic E-state index is 10.4. The number of methoxy groups -OCH3 is 1. The zero-order chi connectivity index (χ0) is 21.2. The minimum atomic E-state index is -0.487. The van der Waals surface area contributed by atoms with E-state index in [0.717, 1.165) is 45.3 Å². The fourth-order valence-corrected chi connectivity index (χ4v) is 4.44. The van der Waals surface area contributed by atoms with Crippen molar-refractivity contribution >= 4 is 0 Å². The van der Waals surface area contributed by atoms with Crippen LogP contribution in [0.1, 0.15) is 44.1 Å². The van der Waals surface area contributed by atoms with E-state index in [9.17, 15) is 5.11 Å². The van der Waals surface area contributed by atoms with Gasteiger partial charge < -0.3 is 29.1 Å². The molecule has 30 heavy (non-hydrogen) atoms. The van der Waals surface area contributed by atoms with Crippen LogP contribution in [0.4, 0.5) is 0 Å². The van der Waals surface area contributed by atoms with Crippen molar-refractivity contribution in [2.45, 2.75) is 51.2 Å². The Labute approximate surface area is 182 Å². The second kappa shape index (κ2) is 12.5. The van der Waals surface area contributed by atoms with Gasteiger partial charge >= 0.3 is 0 Å². The summed E-state index contributed by atoms with van der Waals surface area (Å²) < 4.78 is 16.9. The van der Waals surface area contributed by atoms with Crippen LogP contribution in [0.25, 0.3) is 0 Å². The molecule has 0 saturated carbocycles. The van der Waals surface area contributed by atoms with E-state index in [1.165, 1.54) is 44.1 Å². The van der Waals surface area contributed by atoms with E-state index in [1.54, 1.807) is 7.11 Å². The summed E-state index contributed by atoms with van der Waals surface area (Å²) in [5.41, 5.74) is 1.20. The lowest BCUT2D eigenvalue weighted by Crippen LogP contribution is -2.38. The van der Waals surface area contributed by atoms with Crippen LogP contribution in [-0.4, -0.2) is 81.2 Å². The van der Waals surface area contributed by atoms with Crippen molar-refractivity contribution in [2.24, 2.45) is 5.92 Å². The van der Waals surface area contributed by atoms with Gasteiger partial charge in [0.1, 0.15) is 12.7 Å². The minimum Gasteiger partial charge on any atom is -0.493 e. The second-order valence-electron chi connectivity index (χ2n) is 8.89. The lowest BCUT2D eigenvalue weighted by molar-refractivity contribution is 0.0605. The predicted octanol–water partition coefficient (Wildman–Crippen LogP) is 3.17. The molecular weight excluding hydrogens is 380 g/mol. The number of aliphatic hydroxyl groups is 1. The number of rotatable bonds is 11. The van der Waals surface area contributed by atoms with Gasteiger partial charge in [0, 0.05) is 26.3 Å². The van der Waals surface area contributed by atoms with Crippen LogP contribution < -0.4 is 9.47 Å². The van der Waals surface area contributed by atoms with Crippen molar-refractivity contribution in [3.8, 4) is 11.5 Å². The SMILES string of the molecule is COc1ccc(CN(C)CCC2CCOCC2)cc1OCC(O)CN1CCCCC1. The highest BCUT2D eigenvalue weighted by Gasteiger charge is 2.17. The third-order valence-corrected chi connectivity index (χ3v) is 6.29. The van der Waals surface area contributed by atoms with Gasteiger partial charge in [0.05, 0.1) is 7.11 Å². The van der Waals surface area contributed by atoms with Gasteiger partial charge in [-0.2, -0.15) is 0 Å². The van der Waals surface area contributed by atoms with Gasteiger partial charge in [-0.25, -0.2) is 0 Å². The van der Waals surface area contributed by atoms with Gasteiger partial charge in [-0.1, -0.05) is 12.5 Å². The summed E-state index contributed by atoms with van der Waals surface area (Å²) in [5.74, 6) is 2.22. The first-order chi connectivity index (χ1) is 14.6. The summed E-state index contributed by atoms with van der Waals surface area (Å²) in [5, 5.41) is 10.4. The molecule has 0 amide bonds. The molecule has 2 fully saturated rings. The highest BCUT2D eigenvalue weighted by Crippen LogP contribution is 2.29. The molecule has 2 aliphatic heterocycles. The van der Waals surface area contributed by atoms with Gasteiger partial charge in [-0.15, -0.1) is 0 Å². The molecule has 2 saturated heterocycles. The Bertz CT molecular complexity index is 615. The highest BCUT2D eigenvalue weighted by atomic mass is 16.5. The monoisotopic (exact) mass is 420 g/mol. The molecule has 170 valence electrons. The Morgan fingerprint density at radius 3 is 2.67 bits per heavy atom. The largest absolute Gasteiger partial charge is 0.493 e. The third kappa shape index (κ3) is 7.73. The van der Waals surface area contributed by atoms with Gasteiger partial charge in [0.2, 0.25) is 0 Å². The molecule has 0 aromatic heterocycles. The highest BCUT2D eigenvalue weighted by molar-refractivity contribution is 5.43. The van der Waals surface area contributed by atoms with Gasteiger partial charge in [-0.3, -0.25) is 0 Å². The summed E-state index contributed by atoms with van der Waals surface area (Å²) >= 11 is 0. The Kier molecular flexibility index (Phi) is 9.72. The standard InChI is InChI=1S/C24H40N2O4/c1-25(13-8-20-9-14-29-15-10-20)17-21-6-7-23(28-2)24(16-21)30-19-22(27)18-26-11-4-3-5-12-26/h6-7,16,20,22,27H,3-5,8-15,17-19H2,1-2H3. The number of nitrogens with zero attached hydrogens (tertiary/aromatic N) is 2. The molecule has 2 heterocycles. The van der Waals surface area contributed by atoms with Crippen LogP contribution >= 0.6 is 0 Å². The van der Waals surface area contributed by atoms with Gasteiger partial charge in [0.15, 0.2) is 11.5 Å². The van der Waals surface area contributed by atoms with Crippen molar-refractivity contribution in [3.05, 3.63) is 23.8 Å². The van der Waals surface area contributed by atoms with Crippen molar-refractivity contribution in [1.82, 2.24) is 9.80 Å². The Balaban J connectivity index is 1.47. The van der Waals surface area contributed by atoms with Crippen LogP contribution in [0.5, 0.6) is 11.5 Å². The van der Waals surface area contributed by atoms with Crippen LogP contribution in [0.3, 0.4) is 0 Å². The molecule has 6 heteroatoms. The number of aliphatic hydroxyl groups excluding tert-OH is 1. The number of benzene rings is 1. The first-order valence-electron chi connectivity index (χ1n) is 11.6. The van der Waals surface area contributed by atoms with Crippen molar-refractivity contribution in [1.29, 1.82) is 0 Å². The fourth-order valence-electron chi connectivity index (χ4n) is 4.44. The first kappa shape index (κ1) is 23.3. The normalized spacial score (nSPS) is 19.7. The van der Waals surface area contributed by atoms with Crippen molar-refractivity contribution in [3.63, 3.8) is 0 Å².